The van der Waals surface area contributed by atoms with Crippen molar-refractivity contribution in [2.45, 2.75) is 102 Å². The van der Waals surface area contributed by atoms with E-state index in [0.29, 0.717) is 48.0 Å². The Hall–Kier alpha value is -6.31. The third-order valence-electron chi connectivity index (χ3n) is 13.7. The largest absolute Gasteiger partial charge is 0.459 e. The maximum atomic E-state index is 15.3. The number of unbranched alkanes of at least 4 members (excludes halogenated alkanes) is 2. The molecule has 0 bridgehead atoms. The molecule has 5 aromatic rings. The average molecular weight is 965 g/mol. The lowest BCUT2D eigenvalue weighted by Gasteiger charge is -2.60. The van der Waals surface area contributed by atoms with Crippen molar-refractivity contribution in [1.29, 1.82) is 0 Å². The molecule has 8 rings (SSSR count). The van der Waals surface area contributed by atoms with Gasteiger partial charge in [-0.2, -0.15) is 0 Å². The van der Waals surface area contributed by atoms with E-state index in [0.717, 1.165) is 65.0 Å². The van der Waals surface area contributed by atoms with Crippen LogP contribution in [0.5, 0.6) is 17.2 Å². The van der Waals surface area contributed by atoms with E-state index in [-0.39, 0.29) is 63.8 Å². The Morgan fingerprint density at radius 2 is 1.62 bits per heavy atom. The monoisotopic (exact) mass is 964 g/mol. The predicted octanol–water partition coefficient (Wildman–Crippen LogP) is 11.7. The van der Waals surface area contributed by atoms with Crippen LogP contribution in [0.2, 0.25) is 0 Å². The topological polar surface area (TPSA) is 146 Å². The quantitative estimate of drug-likeness (QED) is 0.0281. The van der Waals surface area contributed by atoms with Crippen molar-refractivity contribution >= 4 is 28.9 Å². The normalized spacial score (nSPS) is 21.8. The zero-order valence-corrected chi connectivity index (χ0v) is 41.2. The fourth-order valence-electron chi connectivity index (χ4n) is 10.6. The Balaban J connectivity index is 1.31. The van der Waals surface area contributed by atoms with Gasteiger partial charge in [0.1, 0.15) is 41.8 Å². The molecule has 12 heteroatoms. The van der Waals surface area contributed by atoms with Crippen molar-refractivity contribution in [1.82, 2.24) is 4.90 Å². The van der Waals surface area contributed by atoms with Crippen molar-refractivity contribution in [3.63, 3.8) is 0 Å². The Kier molecular flexibility index (Phi) is 17.1. The van der Waals surface area contributed by atoms with Crippen LogP contribution in [-0.2, 0) is 32.2 Å². The molecule has 3 aliphatic rings. The van der Waals surface area contributed by atoms with Gasteiger partial charge in [-0.1, -0.05) is 115 Å². The molecule has 374 valence electrons. The number of oxime groups is 1. The van der Waals surface area contributed by atoms with Gasteiger partial charge in [-0.05, 0) is 116 Å². The van der Waals surface area contributed by atoms with E-state index in [4.69, 9.17) is 33.7 Å². The molecule has 1 fully saturated rings. The van der Waals surface area contributed by atoms with Gasteiger partial charge in [-0.15, -0.1) is 6.58 Å². The standard InChI is InChI=1S/C59H68N2O10/c1-5-31-68-59-54(61(38-45-23-16-22-43-20-9-10-25-48(43)45)57(65)67-33-32-66-40-41-17-7-6-8-18-41)37-52(60-71-58(2,3)4)50-35-44(21-11-13-29-62)49(26-12-14-30-63)55(56(50)59)51-36-47(27-28-53(51)70-59)69-46-24-15-19-42(34-46)39-64/h5-10,15-20,22-25,27-28,34-36,39,44,49,54-56,62-63H,1,11-14,21,26,29-33,37-38,40H2,2-4H3. The smallest absolute Gasteiger partial charge is 0.410 e. The zero-order valence-electron chi connectivity index (χ0n) is 41.2. The molecule has 1 saturated carbocycles. The summed E-state index contributed by atoms with van der Waals surface area (Å²) in [6.45, 7) is 10.9. The molecule has 1 aliphatic heterocycles. The molecule has 5 aromatic carbocycles. The Morgan fingerprint density at radius 1 is 0.873 bits per heavy atom. The Labute approximate surface area is 417 Å². The molecular weight excluding hydrogens is 897 g/mol. The van der Waals surface area contributed by atoms with Crippen LogP contribution in [0.25, 0.3) is 10.8 Å². The van der Waals surface area contributed by atoms with Crippen molar-refractivity contribution in [3.8, 4) is 17.2 Å². The third kappa shape index (κ3) is 12.1. The second-order valence-electron chi connectivity index (χ2n) is 19.7. The summed E-state index contributed by atoms with van der Waals surface area (Å²) in [5.74, 6) is -0.720. The Morgan fingerprint density at radius 3 is 2.39 bits per heavy atom. The van der Waals surface area contributed by atoms with Gasteiger partial charge < -0.3 is 38.7 Å². The van der Waals surface area contributed by atoms with Crippen LogP contribution >= 0.6 is 0 Å². The molecular formula is C59H68N2O10. The van der Waals surface area contributed by atoms with E-state index in [9.17, 15) is 15.0 Å². The van der Waals surface area contributed by atoms with Gasteiger partial charge in [0.2, 0.25) is 5.79 Å². The number of aliphatic hydroxyl groups is 2. The summed E-state index contributed by atoms with van der Waals surface area (Å²) in [7, 11) is 0. The van der Waals surface area contributed by atoms with Gasteiger partial charge in [0.25, 0.3) is 0 Å². The summed E-state index contributed by atoms with van der Waals surface area (Å²) in [6.07, 6.45) is 8.84. The molecule has 0 radical (unpaired) electrons. The molecule has 71 heavy (non-hydrogen) atoms. The fraction of sp³-hybridized carbons (Fsp3) is 0.407. The number of amides is 1. The van der Waals surface area contributed by atoms with Crippen LogP contribution in [0.15, 0.2) is 145 Å². The summed E-state index contributed by atoms with van der Waals surface area (Å²) < 4.78 is 33.5. The van der Waals surface area contributed by atoms with Crippen LogP contribution in [0, 0.1) is 17.8 Å². The third-order valence-corrected chi connectivity index (χ3v) is 13.7. The predicted molar refractivity (Wildman–Crippen MR) is 275 cm³/mol. The number of aliphatic hydroxyl groups excluding tert-OH is 2. The number of aldehydes is 1. The van der Waals surface area contributed by atoms with Crippen molar-refractivity contribution in [2.75, 3.05) is 33.0 Å². The molecule has 2 aliphatic carbocycles. The van der Waals surface area contributed by atoms with Crippen LogP contribution in [-0.4, -0.2) is 83.7 Å². The first kappa shape index (κ1) is 51.1. The number of hydrogen-bond acceptors (Lipinski definition) is 11. The number of ether oxygens (including phenoxy) is 5. The number of allylic oxidation sites excluding steroid dienone is 1. The number of rotatable bonds is 23. The lowest BCUT2D eigenvalue weighted by atomic mass is 9.55. The fourth-order valence-corrected chi connectivity index (χ4v) is 10.6. The zero-order chi connectivity index (χ0) is 49.8. The molecule has 1 heterocycles. The summed E-state index contributed by atoms with van der Waals surface area (Å²) in [5, 5.41) is 27.2. The molecule has 6 unspecified atom stereocenters. The maximum absolute atomic E-state index is 15.3. The summed E-state index contributed by atoms with van der Waals surface area (Å²) in [6, 6.07) is 36.1. The van der Waals surface area contributed by atoms with E-state index in [2.05, 4.69) is 30.9 Å². The first-order valence-corrected chi connectivity index (χ1v) is 25.1. The highest BCUT2D eigenvalue weighted by Crippen LogP contribution is 2.62. The van der Waals surface area contributed by atoms with E-state index in [1.807, 2.05) is 99.6 Å². The van der Waals surface area contributed by atoms with Crippen LogP contribution in [0.4, 0.5) is 4.79 Å². The molecule has 6 atom stereocenters. The summed E-state index contributed by atoms with van der Waals surface area (Å²) in [5.41, 5.74) is 4.25. The van der Waals surface area contributed by atoms with Gasteiger partial charge in [-0.3, -0.25) is 9.69 Å². The first-order chi connectivity index (χ1) is 34.5. The minimum absolute atomic E-state index is 0.000894. The molecule has 0 spiro atoms. The van der Waals surface area contributed by atoms with Gasteiger partial charge in [0.05, 0.1) is 38.0 Å². The number of carbonyl (C=O) groups is 2. The van der Waals surface area contributed by atoms with E-state index >= 15 is 4.79 Å². The van der Waals surface area contributed by atoms with Gasteiger partial charge in [0, 0.05) is 36.7 Å². The molecule has 2 N–H and O–H groups in total. The lowest BCUT2D eigenvalue weighted by molar-refractivity contribution is -0.256. The second kappa shape index (κ2) is 23.7. The summed E-state index contributed by atoms with van der Waals surface area (Å²) in [4.78, 5) is 35.2. The Bertz CT molecular complexity index is 2650. The number of nitrogens with zero attached hydrogens (tertiary/aromatic N) is 2. The van der Waals surface area contributed by atoms with Gasteiger partial charge >= 0.3 is 6.09 Å². The molecule has 1 amide bonds. The SMILES string of the molecule is C=CCOC12Oc3ccc(Oc4cccc(C=O)c4)cc3C3C(CCCCO)C(CCCCO)C=C(C(=NOC(C)(C)C)CC1N(Cc1cccc4ccccc14)C(=O)OCCOCc1ccccc1)C32. The highest BCUT2D eigenvalue weighted by molar-refractivity contribution is 6.03. The maximum Gasteiger partial charge on any atom is 0.410 e. The molecule has 12 nitrogen and oxygen atoms in total. The average Bonchev–Trinajstić information content (AvgIpc) is 3.38. The minimum atomic E-state index is -1.53. The van der Waals surface area contributed by atoms with Crippen molar-refractivity contribution < 1.29 is 48.3 Å². The number of fused-ring (bicyclic) bond motifs is 3. The molecule has 0 aromatic heterocycles. The first-order valence-electron chi connectivity index (χ1n) is 25.1. The van der Waals surface area contributed by atoms with Crippen molar-refractivity contribution in [3.05, 3.63) is 162 Å². The van der Waals surface area contributed by atoms with Gasteiger partial charge in [-0.25, -0.2) is 4.79 Å². The van der Waals surface area contributed by atoms with Gasteiger partial charge in [0.15, 0.2) is 0 Å². The second-order valence-corrected chi connectivity index (χ2v) is 19.7. The summed E-state index contributed by atoms with van der Waals surface area (Å²) >= 11 is 0. The highest BCUT2D eigenvalue weighted by Gasteiger charge is 2.66. The van der Waals surface area contributed by atoms with E-state index in [1.54, 1.807) is 29.2 Å². The van der Waals surface area contributed by atoms with E-state index in [1.165, 1.54) is 0 Å². The number of carbonyl (C=O) groups excluding carboxylic acids is 2. The highest BCUT2D eigenvalue weighted by atomic mass is 16.7. The van der Waals surface area contributed by atoms with Crippen LogP contribution in [0.1, 0.15) is 98.7 Å². The van der Waals surface area contributed by atoms with Crippen LogP contribution < -0.4 is 9.47 Å². The lowest BCUT2D eigenvalue weighted by Crippen LogP contribution is -2.70. The number of benzene rings is 5. The number of hydrogen-bond donors (Lipinski definition) is 2. The van der Waals surface area contributed by atoms with Crippen LogP contribution in [0.3, 0.4) is 0 Å². The minimum Gasteiger partial charge on any atom is -0.459 e. The van der Waals surface area contributed by atoms with E-state index < -0.39 is 29.4 Å². The molecule has 0 saturated heterocycles. The van der Waals surface area contributed by atoms with Crippen molar-refractivity contribution in [2.24, 2.45) is 22.9 Å².